The highest BCUT2D eigenvalue weighted by Crippen LogP contribution is 2.44. The van der Waals surface area contributed by atoms with Crippen LogP contribution in [0, 0.1) is 22.7 Å². The number of fused-ring (bicyclic) bond motifs is 1. The molecule has 0 aromatic rings. The van der Waals surface area contributed by atoms with E-state index in [1.807, 2.05) is 12.2 Å². The minimum absolute atomic E-state index is 0.0000643. The Balaban J connectivity index is 2.11. The van der Waals surface area contributed by atoms with Gasteiger partial charge in [0.05, 0.1) is 31.0 Å². The molecule has 0 heterocycles. The van der Waals surface area contributed by atoms with Gasteiger partial charge in [0.2, 0.25) is 5.54 Å². The van der Waals surface area contributed by atoms with Crippen molar-refractivity contribution in [1.29, 1.82) is 0 Å². The maximum absolute atomic E-state index is 12.7. The van der Waals surface area contributed by atoms with Gasteiger partial charge in [0.25, 0.3) is 0 Å². The van der Waals surface area contributed by atoms with E-state index in [0.717, 1.165) is 5.57 Å². The number of carbonyl (C=O) groups excluding carboxylic acids is 2. The van der Waals surface area contributed by atoms with Crippen molar-refractivity contribution in [3.8, 4) is 0 Å². The van der Waals surface area contributed by atoms with Crippen LogP contribution in [0.4, 0.5) is 0 Å². The van der Waals surface area contributed by atoms with Crippen molar-refractivity contribution in [2.75, 3.05) is 13.2 Å². The molecule has 0 amide bonds. The van der Waals surface area contributed by atoms with Crippen molar-refractivity contribution >= 4 is 11.6 Å². The van der Waals surface area contributed by atoms with Crippen LogP contribution >= 0.6 is 0 Å². The first-order valence-electron chi connectivity index (χ1n) is 12.3. The summed E-state index contributed by atoms with van der Waals surface area (Å²) in [5, 5.41) is 42.0. The van der Waals surface area contributed by atoms with E-state index in [1.165, 1.54) is 6.92 Å². The minimum Gasteiger partial charge on any atom is -0.393 e. The maximum atomic E-state index is 12.7. The lowest BCUT2D eigenvalue weighted by Gasteiger charge is -2.43. The zero-order valence-electron chi connectivity index (χ0n) is 20.7. The van der Waals surface area contributed by atoms with Gasteiger partial charge < -0.3 is 20.1 Å². The van der Waals surface area contributed by atoms with Crippen LogP contribution in [-0.4, -0.2) is 75.3 Å². The van der Waals surface area contributed by atoms with Gasteiger partial charge in [-0.05, 0) is 55.2 Å². The largest absolute Gasteiger partial charge is 0.393 e. The molecule has 2 aliphatic rings. The fourth-order valence-corrected chi connectivity index (χ4v) is 5.09. The molecule has 8 unspecified atom stereocenters. The third-order valence-electron chi connectivity index (χ3n) is 7.31. The number of Topliss-reactive ketones (excluding diaryl/α,β-unsaturated/α-hetero) is 2. The minimum atomic E-state index is -1.99. The molecule has 0 aromatic carbocycles. The fourth-order valence-electron chi connectivity index (χ4n) is 5.09. The summed E-state index contributed by atoms with van der Waals surface area (Å²) in [6, 6.07) is 0. The first-order chi connectivity index (χ1) is 16.6. The molecule has 0 fully saturated rings. The number of rotatable bonds is 15. The Morgan fingerprint density at radius 3 is 2.54 bits per heavy atom. The van der Waals surface area contributed by atoms with Crippen LogP contribution in [0.1, 0.15) is 59.3 Å². The molecule has 4 N–H and O–H groups in total. The molecule has 0 spiro atoms. The number of allylic oxidation sites excluding steroid dienone is 2. The number of aliphatic hydroxyl groups is 3. The molecule has 10 heteroatoms. The van der Waals surface area contributed by atoms with E-state index in [0.29, 0.717) is 12.8 Å². The number of nitrogens with zero attached hydrogens (tertiary/aromatic N) is 1. The van der Waals surface area contributed by atoms with E-state index in [1.54, 1.807) is 13.0 Å². The summed E-state index contributed by atoms with van der Waals surface area (Å²) in [7, 11) is 0. The Morgan fingerprint density at radius 1 is 1.23 bits per heavy atom. The summed E-state index contributed by atoms with van der Waals surface area (Å²) in [6.45, 7) is 4.33. The monoisotopic (exact) mass is 497 g/mol. The van der Waals surface area contributed by atoms with Crippen molar-refractivity contribution in [2.45, 2.75) is 89.3 Å². The first kappa shape index (κ1) is 29.4. The Kier molecular flexibility index (Phi) is 11.3. The van der Waals surface area contributed by atoms with Gasteiger partial charge in [-0.15, -0.1) is 4.91 Å². The van der Waals surface area contributed by atoms with E-state index in [-0.39, 0.29) is 50.0 Å². The van der Waals surface area contributed by atoms with Crippen molar-refractivity contribution in [2.24, 2.45) is 22.9 Å². The molecule has 2 aliphatic carbocycles. The molecule has 0 bridgehead atoms. The van der Waals surface area contributed by atoms with E-state index in [9.17, 15) is 29.8 Å². The predicted molar refractivity (Wildman–Crippen MR) is 127 cm³/mol. The van der Waals surface area contributed by atoms with Crippen LogP contribution in [0.25, 0.3) is 0 Å². The van der Waals surface area contributed by atoms with Crippen LogP contribution in [0.15, 0.2) is 29.0 Å². The second-order valence-corrected chi connectivity index (χ2v) is 9.83. The second-order valence-electron chi connectivity index (χ2n) is 9.83. The lowest BCUT2D eigenvalue weighted by atomic mass is 9.66. The van der Waals surface area contributed by atoms with Crippen molar-refractivity contribution in [3.05, 3.63) is 28.7 Å². The third-order valence-corrected chi connectivity index (χ3v) is 7.31. The standard InChI is InChI=1S/C25H39NO9/c1-4-22(30)25(3,26-32)23(31)14-34-21-13-19(29)11-16-6-5-15(2)20(24(16)21)8-7-17(27)12-18(28)9-10-35-33/h5-6,11,15,17-21,24,27-29,33H,4,7-10,12-14H2,1-3H3. The van der Waals surface area contributed by atoms with Crippen LogP contribution in [0.5, 0.6) is 0 Å². The Hall–Kier alpha value is -1.82. The van der Waals surface area contributed by atoms with Gasteiger partial charge in [-0.2, -0.15) is 0 Å². The van der Waals surface area contributed by atoms with Gasteiger partial charge in [0, 0.05) is 18.8 Å². The number of hydrogen-bond acceptors (Lipinski definition) is 10. The SMILES string of the molecule is CCC(=O)C(C)(N=O)C(=O)COC1CC(O)C=C2C=CC(C)C(CCC(O)CC(O)CCOO)C21. The molecule has 0 saturated carbocycles. The van der Waals surface area contributed by atoms with E-state index < -0.39 is 48.1 Å². The zero-order valence-corrected chi connectivity index (χ0v) is 20.7. The predicted octanol–water partition coefficient (Wildman–Crippen LogP) is 2.35. The van der Waals surface area contributed by atoms with E-state index >= 15 is 0 Å². The highest BCUT2D eigenvalue weighted by Gasteiger charge is 2.44. The number of hydrogen-bond donors (Lipinski definition) is 4. The van der Waals surface area contributed by atoms with Crippen LogP contribution in [0.3, 0.4) is 0 Å². The van der Waals surface area contributed by atoms with Gasteiger partial charge in [0.1, 0.15) is 6.61 Å². The van der Waals surface area contributed by atoms with Crippen molar-refractivity contribution in [3.63, 3.8) is 0 Å². The quantitative estimate of drug-likeness (QED) is 0.115. The topological polar surface area (TPSA) is 163 Å². The molecule has 198 valence electrons. The lowest BCUT2D eigenvalue weighted by Crippen LogP contribution is -2.46. The summed E-state index contributed by atoms with van der Waals surface area (Å²) in [5.74, 6) is -1.25. The molecule has 35 heavy (non-hydrogen) atoms. The summed E-state index contributed by atoms with van der Waals surface area (Å²) in [6.07, 6.45) is 4.60. The van der Waals surface area contributed by atoms with Crippen LogP contribution < -0.4 is 0 Å². The molecule has 0 radical (unpaired) electrons. The Morgan fingerprint density at radius 2 is 1.91 bits per heavy atom. The van der Waals surface area contributed by atoms with Crippen molar-refractivity contribution in [1.82, 2.24) is 0 Å². The second kappa shape index (κ2) is 13.5. The number of aliphatic hydroxyl groups excluding tert-OH is 3. The molecule has 0 saturated heterocycles. The zero-order chi connectivity index (χ0) is 26.2. The fraction of sp³-hybridized carbons (Fsp3) is 0.760. The van der Waals surface area contributed by atoms with E-state index in [2.05, 4.69) is 17.0 Å². The van der Waals surface area contributed by atoms with Crippen LogP contribution in [0.2, 0.25) is 0 Å². The summed E-state index contributed by atoms with van der Waals surface area (Å²) in [4.78, 5) is 40.1. The smallest absolute Gasteiger partial charge is 0.217 e. The normalized spacial score (nSPS) is 29.5. The molecule has 10 nitrogen and oxygen atoms in total. The maximum Gasteiger partial charge on any atom is 0.217 e. The highest BCUT2D eigenvalue weighted by molar-refractivity contribution is 6.11. The summed E-state index contributed by atoms with van der Waals surface area (Å²) in [5.41, 5.74) is -1.11. The molecular weight excluding hydrogens is 458 g/mol. The van der Waals surface area contributed by atoms with Crippen molar-refractivity contribution < 1.29 is 39.8 Å². The molecular formula is C25H39NO9. The average molecular weight is 498 g/mol. The van der Waals surface area contributed by atoms with Gasteiger partial charge in [-0.25, -0.2) is 4.89 Å². The highest BCUT2D eigenvalue weighted by atomic mass is 17.1. The average Bonchev–Trinajstić information content (AvgIpc) is 2.84. The third kappa shape index (κ3) is 7.58. The number of ketones is 2. The number of nitroso groups, excluding NO2 is 1. The first-order valence-corrected chi connectivity index (χ1v) is 12.3. The molecule has 8 atom stereocenters. The Labute approximate surface area is 205 Å². The summed E-state index contributed by atoms with van der Waals surface area (Å²) >= 11 is 0. The van der Waals surface area contributed by atoms with Gasteiger partial charge in [-0.3, -0.25) is 14.8 Å². The molecule has 0 aliphatic heterocycles. The van der Waals surface area contributed by atoms with Crippen LogP contribution in [-0.2, 0) is 19.2 Å². The number of carbonyl (C=O) groups is 2. The van der Waals surface area contributed by atoms with Gasteiger partial charge in [-0.1, -0.05) is 32.1 Å². The summed E-state index contributed by atoms with van der Waals surface area (Å²) < 4.78 is 5.95. The lowest BCUT2D eigenvalue weighted by molar-refractivity contribution is -0.245. The van der Waals surface area contributed by atoms with Gasteiger partial charge >= 0.3 is 0 Å². The van der Waals surface area contributed by atoms with E-state index in [4.69, 9.17) is 9.99 Å². The number of ether oxygens (including phenoxy) is 1. The van der Waals surface area contributed by atoms with Gasteiger partial charge in [0.15, 0.2) is 11.6 Å². The Bertz CT molecular complexity index is 798. The molecule has 0 aromatic heterocycles. The molecule has 2 rings (SSSR count).